The summed E-state index contributed by atoms with van der Waals surface area (Å²) in [6.07, 6.45) is 5.91. The molecule has 1 aromatic rings. The van der Waals surface area contributed by atoms with Gasteiger partial charge in [0, 0.05) is 30.3 Å². The predicted octanol–water partition coefficient (Wildman–Crippen LogP) is 3.54. The molecular formula is C21H27BrN2O3. The number of ether oxygens (including phenoxy) is 1. The lowest BCUT2D eigenvalue weighted by Crippen LogP contribution is -2.45. The topological polar surface area (TPSA) is 67.4 Å². The van der Waals surface area contributed by atoms with Gasteiger partial charge < -0.3 is 10.1 Å². The predicted molar refractivity (Wildman–Crippen MR) is 110 cm³/mol. The zero-order chi connectivity index (χ0) is 19.5. The van der Waals surface area contributed by atoms with Crippen molar-refractivity contribution in [1.82, 2.24) is 10.6 Å². The van der Waals surface area contributed by atoms with Crippen molar-refractivity contribution in [2.24, 2.45) is 0 Å². The lowest BCUT2D eigenvalue weighted by Gasteiger charge is -2.20. The first-order valence-corrected chi connectivity index (χ1v) is 10.5. The third-order valence-electron chi connectivity index (χ3n) is 4.38. The van der Waals surface area contributed by atoms with E-state index in [2.05, 4.69) is 38.4 Å². The number of carbonyl (C=O) groups is 2. The average molecular weight is 435 g/mol. The summed E-state index contributed by atoms with van der Waals surface area (Å²) in [6.45, 7) is 3.17. The number of urea groups is 1. The molecule has 1 heterocycles. The monoisotopic (exact) mass is 434 g/mol. The molecule has 0 aliphatic carbocycles. The van der Waals surface area contributed by atoms with E-state index in [1.807, 2.05) is 24.3 Å². The number of amides is 3. The number of benzene rings is 1. The second-order valence-corrected chi connectivity index (χ2v) is 7.68. The van der Waals surface area contributed by atoms with E-state index in [1.165, 1.54) is 19.3 Å². The highest BCUT2D eigenvalue weighted by Gasteiger charge is 2.41. The van der Waals surface area contributed by atoms with Gasteiger partial charge in [-0.1, -0.05) is 52.7 Å². The minimum atomic E-state index is -0.911. The average Bonchev–Trinajstić information content (AvgIpc) is 2.88. The van der Waals surface area contributed by atoms with Crippen LogP contribution >= 0.6 is 15.9 Å². The smallest absolute Gasteiger partial charge is 0.322 e. The van der Waals surface area contributed by atoms with Crippen LogP contribution in [0, 0.1) is 11.8 Å². The van der Waals surface area contributed by atoms with Crippen molar-refractivity contribution in [3.63, 3.8) is 0 Å². The van der Waals surface area contributed by atoms with Gasteiger partial charge >= 0.3 is 6.03 Å². The molecule has 1 fully saturated rings. The number of carbonyl (C=O) groups excluding carboxylic acids is 2. The summed E-state index contributed by atoms with van der Waals surface area (Å²) in [4.78, 5) is 23.3. The van der Waals surface area contributed by atoms with Crippen molar-refractivity contribution in [2.75, 3.05) is 18.5 Å². The Morgan fingerprint density at radius 3 is 2.70 bits per heavy atom. The molecule has 1 aromatic carbocycles. The molecule has 0 bridgehead atoms. The quantitative estimate of drug-likeness (QED) is 0.256. The zero-order valence-corrected chi connectivity index (χ0v) is 17.4. The van der Waals surface area contributed by atoms with Gasteiger partial charge in [-0.05, 0) is 37.5 Å². The fraction of sp³-hybridized carbons (Fsp3) is 0.524. The molecule has 2 rings (SSSR count). The number of rotatable bonds is 10. The number of nitrogens with one attached hydrogen (secondary N) is 2. The summed E-state index contributed by atoms with van der Waals surface area (Å²) < 4.78 is 5.60. The van der Waals surface area contributed by atoms with Crippen LogP contribution in [0.15, 0.2) is 24.3 Å². The largest absolute Gasteiger partial charge is 0.380 e. The Balaban J connectivity index is 1.74. The third-order valence-corrected chi connectivity index (χ3v) is 4.94. The Hall–Kier alpha value is -1.84. The highest BCUT2D eigenvalue weighted by molar-refractivity contribution is 9.09. The lowest BCUT2D eigenvalue weighted by atomic mass is 9.92. The second-order valence-electron chi connectivity index (χ2n) is 6.88. The maximum absolute atomic E-state index is 11.9. The van der Waals surface area contributed by atoms with Crippen LogP contribution in [0.5, 0.6) is 0 Å². The van der Waals surface area contributed by atoms with E-state index in [1.54, 1.807) is 6.92 Å². The van der Waals surface area contributed by atoms with E-state index in [0.717, 1.165) is 29.5 Å². The summed E-state index contributed by atoms with van der Waals surface area (Å²) in [7, 11) is 0. The van der Waals surface area contributed by atoms with Gasteiger partial charge in [-0.3, -0.25) is 10.1 Å². The minimum absolute atomic E-state index is 0.298. The summed E-state index contributed by atoms with van der Waals surface area (Å²) >= 11 is 3.43. The molecule has 5 nitrogen and oxygen atoms in total. The second kappa shape index (κ2) is 11.1. The highest BCUT2D eigenvalue weighted by Crippen LogP contribution is 2.18. The molecule has 0 aromatic heterocycles. The van der Waals surface area contributed by atoms with Crippen molar-refractivity contribution in [3.8, 4) is 11.8 Å². The molecule has 27 heavy (non-hydrogen) atoms. The van der Waals surface area contributed by atoms with Crippen LogP contribution in [0.3, 0.4) is 0 Å². The molecule has 0 spiro atoms. The molecule has 146 valence electrons. The first-order chi connectivity index (χ1) is 13.0. The van der Waals surface area contributed by atoms with Crippen LogP contribution in [0.1, 0.15) is 50.2 Å². The molecule has 6 heteroatoms. The van der Waals surface area contributed by atoms with Gasteiger partial charge in [0.2, 0.25) is 0 Å². The number of hydrogen-bond donors (Lipinski definition) is 2. The number of hydrogen-bond acceptors (Lipinski definition) is 3. The minimum Gasteiger partial charge on any atom is -0.380 e. The maximum Gasteiger partial charge on any atom is 0.322 e. The Bertz CT molecular complexity index is 711. The summed E-state index contributed by atoms with van der Waals surface area (Å²) in [6, 6.07) is 7.31. The van der Waals surface area contributed by atoms with E-state index in [4.69, 9.17) is 4.74 Å². The molecule has 1 atom stereocenters. The summed E-state index contributed by atoms with van der Waals surface area (Å²) in [5, 5.41) is 6.04. The van der Waals surface area contributed by atoms with Gasteiger partial charge in [0.15, 0.2) is 0 Å². The fourth-order valence-corrected chi connectivity index (χ4v) is 3.31. The van der Waals surface area contributed by atoms with Gasteiger partial charge in [0.05, 0.1) is 6.61 Å². The number of unbranched alkanes of at least 4 members (excludes halogenated alkanes) is 3. The molecule has 1 aliphatic rings. The molecule has 1 aliphatic heterocycles. The summed E-state index contributed by atoms with van der Waals surface area (Å²) in [5.74, 6) is 5.97. The molecule has 0 radical (unpaired) electrons. The first kappa shape index (κ1) is 21.5. The van der Waals surface area contributed by atoms with E-state index >= 15 is 0 Å². The maximum atomic E-state index is 11.9. The Morgan fingerprint density at radius 1 is 1.15 bits per heavy atom. The van der Waals surface area contributed by atoms with E-state index < -0.39 is 11.6 Å². The lowest BCUT2D eigenvalue weighted by molar-refractivity contribution is -0.123. The number of halogens is 1. The van der Waals surface area contributed by atoms with Crippen LogP contribution in [0.4, 0.5) is 4.79 Å². The van der Waals surface area contributed by atoms with Crippen molar-refractivity contribution in [2.45, 2.75) is 51.0 Å². The SMILES string of the molecule is C[C@@]1(Cc2cccc(C#CCCOCCCCCCBr)c2)NC(=O)NC1=O. The van der Waals surface area contributed by atoms with Crippen LogP contribution in [0.2, 0.25) is 0 Å². The van der Waals surface area contributed by atoms with Crippen LogP contribution in [-0.4, -0.2) is 36.0 Å². The molecule has 0 saturated carbocycles. The first-order valence-electron chi connectivity index (χ1n) is 9.38. The Kier molecular flexibility index (Phi) is 8.83. The van der Waals surface area contributed by atoms with Gasteiger partial charge in [-0.15, -0.1) is 0 Å². The van der Waals surface area contributed by atoms with E-state index in [9.17, 15) is 9.59 Å². The van der Waals surface area contributed by atoms with Gasteiger partial charge in [-0.2, -0.15) is 0 Å². The Labute approximate surface area is 169 Å². The van der Waals surface area contributed by atoms with Gasteiger partial charge in [0.25, 0.3) is 5.91 Å². The summed E-state index contributed by atoms with van der Waals surface area (Å²) in [5.41, 5.74) is 0.947. The van der Waals surface area contributed by atoms with E-state index in [-0.39, 0.29) is 5.91 Å². The molecule has 2 N–H and O–H groups in total. The number of alkyl halides is 1. The van der Waals surface area contributed by atoms with Crippen molar-refractivity contribution in [1.29, 1.82) is 0 Å². The molecule has 1 saturated heterocycles. The van der Waals surface area contributed by atoms with Crippen LogP contribution in [0.25, 0.3) is 0 Å². The van der Waals surface area contributed by atoms with Crippen LogP contribution < -0.4 is 10.6 Å². The van der Waals surface area contributed by atoms with Crippen molar-refractivity contribution in [3.05, 3.63) is 35.4 Å². The van der Waals surface area contributed by atoms with Crippen LogP contribution in [-0.2, 0) is 16.0 Å². The van der Waals surface area contributed by atoms with Gasteiger partial charge in [0.1, 0.15) is 5.54 Å². The van der Waals surface area contributed by atoms with Crippen molar-refractivity contribution >= 4 is 27.9 Å². The number of imide groups is 1. The fourth-order valence-electron chi connectivity index (χ4n) is 2.91. The normalized spacial score (nSPS) is 18.6. The molecule has 0 unspecified atom stereocenters. The molecular weight excluding hydrogens is 408 g/mol. The van der Waals surface area contributed by atoms with Gasteiger partial charge in [-0.25, -0.2) is 4.79 Å². The highest BCUT2D eigenvalue weighted by atomic mass is 79.9. The zero-order valence-electron chi connectivity index (χ0n) is 15.8. The third kappa shape index (κ3) is 7.36. The standard InChI is InChI=1S/C21H27BrN2O3/c1-21(19(25)23-20(26)24-21)16-18-11-8-10-17(15-18)9-4-7-14-27-13-6-3-2-5-12-22/h8,10-11,15H,2-3,5-7,12-14,16H2,1H3,(H2,23,24,25,26)/t21-/m0/s1. The van der Waals surface area contributed by atoms with E-state index in [0.29, 0.717) is 19.4 Å². The molecule has 3 amide bonds. The van der Waals surface area contributed by atoms with Crippen molar-refractivity contribution < 1.29 is 14.3 Å². The Morgan fingerprint density at radius 2 is 1.96 bits per heavy atom.